The van der Waals surface area contributed by atoms with Crippen molar-refractivity contribution < 1.29 is 19.1 Å². The van der Waals surface area contributed by atoms with Gasteiger partial charge in [0.05, 0.1) is 16.5 Å². The van der Waals surface area contributed by atoms with Crippen LogP contribution in [0.25, 0.3) is 0 Å². The number of anilines is 2. The maximum Gasteiger partial charge on any atom is 0.229 e. The standard InChI is InChI=1S/C20H16ClN3O4/c21-16-8-14(2-1-12(16)10-22)23-20(26)13-7-19(25)24(11-13)15-3-4-17-18(9-15)28-6-5-27-17/h1-4,8-9,13H,5-7,11H2,(H,23,26)/t13-/m1/s1. The topological polar surface area (TPSA) is 91.7 Å². The largest absolute Gasteiger partial charge is 0.486 e. The minimum absolute atomic E-state index is 0.115. The molecule has 0 spiro atoms. The molecule has 4 rings (SSSR count). The summed E-state index contributed by atoms with van der Waals surface area (Å²) in [4.78, 5) is 26.6. The number of carbonyl (C=O) groups excluding carboxylic acids is 2. The van der Waals surface area contributed by atoms with Gasteiger partial charge in [-0.1, -0.05) is 11.6 Å². The predicted molar refractivity (Wildman–Crippen MR) is 103 cm³/mol. The van der Waals surface area contributed by atoms with Crippen LogP contribution in [-0.2, 0) is 9.59 Å². The van der Waals surface area contributed by atoms with Gasteiger partial charge in [-0.3, -0.25) is 9.59 Å². The summed E-state index contributed by atoms with van der Waals surface area (Å²) >= 11 is 6.00. The molecule has 0 radical (unpaired) electrons. The zero-order chi connectivity index (χ0) is 19.7. The highest BCUT2D eigenvalue weighted by Crippen LogP contribution is 2.36. The highest BCUT2D eigenvalue weighted by Gasteiger charge is 2.35. The van der Waals surface area contributed by atoms with Crippen LogP contribution >= 0.6 is 11.6 Å². The van der Waals surface area contributed by atoms with Crippen molar-refractivity contribution in [1.29, 1.82) is 5.26 Å². The second kappa shape index (κ2) is 7.41. The molecule has 142 valence electrons. The number of amides is 2. The second-order valence-electron chi connectivity index (χ2n) is 6.53. The lowest BCUT2D eigenvalue weighted by atomic mass is 10.1. The lowest BCUT2D eigenvalue weighted by Gasteiger charge is -2.22. The number of ether oxygens (including phenoxy) is 2. The number of rotatable bonds is 3. The van der Waals surface area contributed by atoms with Crippen LogP contribution in [0, 0.1) is 17.2 Å². The van der Waals surface area contributed by atoms with Crippen LogP contribution in [0.15, 0.2) is 36.4 Å². The second-order valence-corrected chi connectivity index (χ2v) is 6.94. The average molecular weight is 398 g/mol. The third-order valence-electron chi connectivity index (χ3n) is 4.69. The Bertz CT molecular complexity index is 1000. The predicted octanol–water partition coefficient (Wildman–Crippen LogP) is 2.97. The molecule has 0 unspecified atom stereocenters. The van der Waals surface area contributed by atoms with E-state index in [1.807, 2.05) is 6.07 Å². The molecule has 7 nitrogen and oxygen atoms in total. The van der Waals surface area contributed by atoms with Crippen LogP contribution in [0.3, 0.4) is 0 Å². The van der Waals surface area contributed by atoms with Crippen LogP contribution in [0.1, 0.15) is 12.0 Å². The van der Waals surface area contributed by atoms with Crippen LogP contribution in [0.5, 0.6) is 11.5 Å². The van der Waals surface area contributed by atoms with Crippen LogP contribution in [-0.4, -0.2) is 31.6 Å². The first-order chi connectivity index (χ1) is 13.5. The van der Waals surface area contributed by atoms with Gasteiger partial charge in [-0.2, -0.15) is 5.26 Å². The number of fused-ring (bicyclic) bond motifs is 1. The lowest BCUT2D eigenvalue weighted by molar-refractivity contribution is -0.122. The SMILES string of the molecule is N#Cc1ccc(NC(=O)[C@@H]2CC(=O)N(c3ccc4c(c3)OCCO4)C2)cc1Cl. The van der Waals surface area contributed by atoms with Crippen molar-refractivity contribution >= 4 is 34.8 Å². The van der Waals surface area contributed by atoms with Crippen molar-refractivity contribution in [1.82, 2.24) is 0 Å². The molecule has 8 heteroatoms. The minimum Gasteiger partial charge on any atom is -0.486 e. The molecular weight excluding hydrogens is 382 g/mol. The highest BCUT2D eigenvalue weighted by molar-refractivity contribution is 6.32. The summed E-state index contributed by atoms with van der Waals surface area (Å²) in [6.45, 7) is 1.23. The number of nitrogens with zero attached hydrogens (tertiary/aromatic N) is 2. The first-order valence-electron chi connectivity index (χ1n) is 8.75. The molecule has 1 atom stereocenters. The maximum absolute atomic E-state index is 12.6. The third-order valence-corrected chi connectivity index (χ3v) is 5.00. The molecule has 2 aliphatic rings. The van der Waals surface area contributed by atoms with Gasteiger partial charge in [-0.15, -0.1) is 0 Å². The molecule has 0 bridgehead atoms. The van der Waals surface area contributed by atoms with Crippen molar-refractivity contribution in [3.05, 3.63) is 47.0 Å². The van der Waals surface area contributed by atoms with E-state index >= 15 is 0 Å². The molecule has 2 heterocycles. The van der Waals surface area contributed by atoms with E-state index in [1.54, 1.807) is 35.2 Å². The number of hydrogen-bond donors (Lipinski definition) is 1. The fraction of sp³-hybridized carbons (Fsp3) is 0.250. The van der Waals surface area contributed by atoms with Crippen LogP contribution in [0.4, 0.5) is 11.4 Å². The molecule has 2 aliphatic heterocycles. The summed E-state index contributed by atoms with van der Waals surface area (Å²) in [5.74, 6) is 0.351. The molecule has 2 aromatic rings. The van der Waals surface area contributed by atoms with E-state index in [9.17, 15) is 9.59 Å². The Morgan fingerprint density at radius 2 is 1.96 bits per heavy atom. The van der Waals surface area contributed by atoms with Gasteiger partial charge in [0.2, 0.25) is 11.8 Å². The maximum atomic E-state index is 12.6. The average Bonchev–Trinajstić information content (AvgIpc) is 3.09. The number of nitrogens with one attached hydrogen (secondary N) is 1. The molecule has 2 aromatic carbocycles. The number of carbonyl (C=O) groups is 2. The Balaban J connectivity index is 1.46. The van der Waals surface area contributed by atoms with Crippen molar-refractivity contribution in [3.8, 4) is 17.6 Å². The smallest absolute Gasteiger partial charge is 0.229 e. The molecule has 2 amide bonds. The summed E-state index contributed by atoms with van der Waals surface area (Å²) in [6.07, 6.45) is 0.115. The van der Waals surface area contributed by atoms with Gasteiger partial charge in [-0.25, -0.2) is 0 Å². The molecule has 0 aliphatic carbocycles. The van der Waals surface area contributed by atoms with Crippen molar-refractivity contribution in [2.75, 3.05) is 30.0 Å². The molecule has 28 heavy (non-hydrogen) atoms. The van der Waals surface area contributed by atoms with Crippen molar-refractivity contribution in [2.45, 2.75) is 6.42 Å². The van der Waals surface area contributed by atoms with E-state index in [0.717, 1.165) is 0 Å². The fourth-order valence-corrected chi connectivity index (χ4v) is 3.48. The molecule has 0 aromatic heterocycles. The van der Waals surface area contributed by atoms with Crippen molar-refractivity contribution in [3.63, 3.8) is 0 Å². The number of nitriles is 1. The van der Waals surface area contributed by atoms with Crippen LogP contribution in [0.2, 0.25) is 5.02 Å². The Labute approximate surface area is 166 Å². The van der Waals surface area contributed by atoms with E-state index in [4.69, 9.17) is 26.3 Å². The number of hydrogen-bond acceptors (Lipinski definition) is 5. The van der Waals surface area contributed by atoms with E-state index in [-0.39, 0.29) is 29.8 Å². The Hall–Kier alpha value is -3.24. The molecule has 0 saturated carbocycles. The zero-order valence-corrected chi connectivity index (χ0v) is 15.5. The molecule has 1 fully saturated rings. The monoisotopic (exact) mass is 397 g/mol. The van der Waals surface area contributed by atoms with E-state index < -0.39 is 5.92 Å². The van der Waals surface area contributed by atoms with Gasteiger partial charge in [0.15, 0.2) is 11.5 Å². The first-order valence-corrected chi connectivity index (χ1v) is 9.13. The van der Waals surface area contributed by atoms with E-state index in [0.29, 0.717) is 41.7 Å². The number of benzene rings is 2. The first kappa shape index (κ1) is 18.1. The molecule has 1 N–H and O–H groups in total. The van der Waals surface area contributed by atoms with Gasteiger partial charge in [0, 0.05) is 30.4 Å². The van der Waals surface area contributed by atoms with Gasteiger partial charge in [0.1, 0.15) is 19.3 Å². The Morgan fingerprint density at radius 1 is 1.18 bits per heavy atom. The minimum atomic E-state index is -0.491. The van der Waals surface area contributed by atoms with Gasteiger partial charge in [-0.05, 0) is 30.3 Å². The quantitative estimate of drug-likeness (QED) is 0.859. The Kier molecular flexibility index (Phi) is 4.80. The summed E-state index contributed by atoms with van der Waals surface area (Å²) in [6, 6.07) is 11.9. The zero-order valence-electron chi connectivity index (χ0n) is 14.8. The number of halogens is 1. The lowest BCUT2D eigenvalue weighted by Crippen LogP contribution is -2.28. The van der Waals surface area contributed by atoms with E-state index in [2.05, 4.69) is 5.32 Å². The van der Waals surface area contributed by atoms with Crippen LogP contribution < -0.4 is 19.7 Å². The van der Waals surface area contributed by atoms with Gasteiger partial charge >= 0.3 is 0 Å². The van der Waals surface area contributed by atoms with E-state index in [1.165, 1.54) is 6.07 Å². The van der Waals surface area contributed by atoms with Gasteiger partial charge < -0.3 is 19.7 Å². The summed E-state index contributed by atoms with van der Waals surface area (Å²) < 4.78 is 11.1. The normalized spacial score (nSPS) is 17.9. The summed E-state index contributed by atoms with van der Waals surface area (Å²) in [5, 5.41) is 11.9. The third kappa shape index (κ3) is 3.47. The Morgan fingerprint density at radius 3 is 2.71 bits per heavy atom. The van der Waals surface area contributed by atoms with Gasteiger partial charge in [0.25, 0.3) is 0 Å². The summed E-state index contributed by atoms with van der Waals surface area (Å²) in [7, 11) is 0. The molecule has 1 saturated heterocycles. The summed E-state index contributed by atoms with van der Waals surface area (Å²) in [5.41, 5.74) is 1.49. The van der Waals surface area contributed by atoms with Crippen molar-refractivity contribution in [2.24, 2.45) is 5.92 Å². The fourth-order valence-electron chi connectivity index (χ4n) is 3.26. The molecular formula is C20H16ClN3O4. The highest BCUT2D eigenvalue weighted by atomic mass is 35.5.